The summed E-state index contributed by atoms with van der Waals surface area (Å²) in [5.74, 6) is -0.972. The molecule has 1 unspecified atom stereocenters. The summed E-state index contributed by atoms with van der Waals surface area (Å²) >= 11 is 0. The fraction of sp³-hybridized carbons (Fsp3) is 0.467. The molecule has 0 fully saturated rings. The monoisotopic (exact) mass is 278 g/mol. The highest BCUT2D eigenvalue weighted by Gasteiger charge is 2.18. The number of hydrogen-bond donors (Lipinski definition) is 1. The van der Waals surface area contributed by atoms with Gasteiger partial charge in [0, 0.05) is 19.0 Å². The molecule has 5 nitrogen and oxygen atoms in total. The number of ether oxygens (including phenoxy) is 1. The van der Waals surface area contributed by atoms with Gasteiger partial charge in [0.25, 0.3) is 0 Å². The van der Waals surface area contributed by atoms with Crippen LogP contribution in [-0.2, 0) is 20.9 Å². The third kappa shape index (κ3) is 5.84. The number of benzene rings is 1. The summed E-state index contributed by atoms with van der Waals surface area (Å²) in [7, 11) is 0. The van der Waals surface area contributed by atoms with Gasteiger partial charge in [-0.25, -0.2) is 0 Å². The molecule has 1 amide bonds. The van der Waals surface area contributed by atoms with Gasteiger partial charge in [0.05, 0.1) is 13.2 Å². The Balaban J connectivity index is 2.68. The first-order valence-corrected chi connectivity index (χ1v) is 6.74. The van der Waals surface area contributed by atoms with Crippen LogP contribution in [0, 0.1) is 5.92 Å². The van der Waals surface area contributed by atoms with E-state index in [1.807, 2.05) is 35.2 Å². The zero-order chi connectivity index (χ0) is 15.0. The van der Waals surface area contributed by atoms with Crippen LogP contribution >= 0.6 is 0 Å². The molecule has 5 heteroatoms. The van der Waals surface area contributed by atoms with E-state index >= 15 is 0 Å². The molecule has 20 heavy (non-hydrogen) atoms. The molecule has 0 spiro atoms. The Morgan fingerprint density at radius 3 is 2.50 bits per heavy atom. The number of carbonyl (C=O) groups excluding carboxylic acids is 2. The molecule has 0 radical (unpaired) electrons. The predicted octanol–water partition coefficient (Wildman–Crippen LogP) is 1.17. The first kappa shape index (κ1) is 16.2. The van der Waals surface area contributed by atoms with Gasteiger partial charge in [-0.3, -0.25) is 14.5 Å². The summed E-state index contributed by atoms with van der Waals surface area (Å²) in [6.07, 6.45) is 0. The topological polar surface area (TPSA) is 72.6 Å². The Morgan fingerprint density at radius 2 is 1.95 bits per heavy atom. The van der Waals surface area contributed by atoms with Gasteiger partial charge in [-0.2, -0.15) is 0 Å². The number of rotatable bonds is 8. The smallest absolute Gasteiger partial charge is 0.320 e. The summed E-state index contributed by atoms with van der Waals surface area (Å²) in [6, 6.07) is 9.77. The van der Waals surface area contributed by atoms with Crippen molar-refractivity contribution in [2.45, 2.75) is 20.4 Å². The second kappa shape index (κ2) is 8.32. The molecule has 110 valence electrons. The second-order valence-corrected chi connectivity index (χ2v) is 4.76. The highest BCUT2D eigenvalue weighted by Crippen LogP contribution is 2.07. The molecule has 0 aliphatic carbocycles. The largest absolute Gasteiger partial charge is 0.465 e. The molecule has 0 aliphatic heterocycles. The van der Waals surface area contributed by atoms with Crippen molar-refractivity contribution in [1.29, 1.82) is 0 Å². The molecule has 1 atom stereocenters. The number of amides is 1. The SMILES string of the molecule is CCOC(=O)CN(Cc1ccccc1)CC(C)C(N)=O. The van der Waals surface area contributed by atoms with Crippen LogP contribution in [0.25, 0.3) is 0 Å². The molecule has 1 rings (SSSR count). The van der Waals surface area contributed by atoms with Gasteiger partial charge in [0.1, 0.15) is 0 Å². The zero-order valence-electron chi connectivity index (χ0n) is 12.0. The first-order valence-electron chi connectivity index (χ1n) is 6.74. The van der Waals surface area contributed by atoms with Crippen LogP contribution < -0.4 is 5.73 Å². The van der Waals surface area contributed by atoms with Crippen molar-refractivity contribution in [1.82, 2.24) is 4.90 Å². The molecule has 0 aromatic heterocycles. The third-order valence-electron chi connectivity index (χ3n) is 2.92. The van der Waals surface area contributed by atoms with Gasteiger partial charge in [0.2, 0.25) is 5.91 Å². The lowest BCUT2D eigenvalue weighted by Gasteiger charge is -2.23. The lowest BCUT2D eigenvalue weighted by Crippen LogP contribution is -2.38. The maximum Gasteiger partial charge on any atom is 0.320 e. The van der Waals surface area contributed by atoms with Crippen LogP contribution in [0.5, 0.6) is 0 Å². The second-order valence-electron chi connectivity index (χ2n) is 4.76. The van der Waals surface area contributed by atoms with Gasteiger partial charge < -0.3 is 10.5 Å². The average molecular weight is 278 g/mol. The van der Waals surface area contributed by atoms with E-state index < -0.39 is 0 Å². The van der Waals surface area contributed by atoms with Gasteiger partial charge in [-0.15, -0.1) is 0 Å². The van der Waals surface area contributed by atoms with Crippen molar-refractivity contribution in [3.63, 3.8) is 0 Å². The number of hydrogen-bond acceptors (Lipinski definition) is 4. The Morgan fingerprint density at radius 1 is 1.30 bits per heavy atom. The van der Waals surface area contributed by atoms with E-state index in [2.05, 4.69) is 0 Å². The van der Waals surface area contributed by atoms with Crippen molar-refractivity contribution in [3.8, 4) is 0 Å². The summed E-state index contributed by atoms with van der Waals surface area (Å²) in [5, 5.41) is 0. The number of primary amides is 1. The summed E-state index contributed by atoms with van der Waals surface area (Å²) in [5.41, 5.74) is 6.36. The Bertz CT molecular complexity index is 434. The number of carbonyl (C=O) groups is 2. The Labute approximate surface area is 119 Å². The average Bonchev–Trinajstić information content (AvgIpc) is 2.39. The highest BCUT2D eigenvalue weighted by molar-refractivity contribution is 5.76. The van der Waals surface area contributed by atoms with Crippen LogP contribution in [0.3, 0.4) is 0 Å². The van der Waals surface area contributed by atoms with Crippen LogP contribution in [0.1, 0.15) is 19.4 Å². The molecule has 0 bridgehead atoms. The first-order chi connectivity index (χ1) is 9.52. The van der Waals surface area contributed by atoms with Crippen molar-refractivity contribution < 1.29 is 14.3 Å². The van der Waals surface area contributed by atoms with Crippen molar-refractivity contribution >= 4 is 11.9 Å². The third-order valence-corrected chi connectivity index (χ3v) is 2.92. The minimum absolute atomic E-state index is 0.153. The molecular formula is C15H22N2O3. The van der Waals surface area contributed by atoms with Crippen molar-refractivity contribution in [2.75, 3.05) is 19.7 Å². The van der Waals surface area contributed by atoms with Crippen LogP contribution in [-0.4, -0.2) is 36.5 Å². The van der Waals surface area contributed by atoms with Gasteiger partial charge in [-0.05, 0) is 12.5 Å². The van der Waals surface area contributed by atoms with E-state index in [0.717, 1.165) is 5.56 Å². The Kier molecular flexibility index (Phi) is 6.73. The molecule has 1 aromatic rings. The lowest BCUT2D eigenvalue weighted by molar-refractivity contribution is -0.145. The molecular weight excluding hydrogens is 256 g/mol. The Hall–Kier alpha value is -1.88. The molecule has 1 aromatic carbocycles. The maximum atomic E-state index is 11.6. The lowest BCUT2D eigenvalue weighted by atomic mass is 10.1. The highest BCUT2D eigenvalue weighted by atomic mass is 16.5. The van der Waals surface area contributed by atoms with E-state index in [0.29, 0.717) is 19.7 Å². The van der Waals surface area contributed by atoms with Crippen LogP contribution in [0.2, 0.25) is 0 Å². The van der Waals surface area contributed by atoms with Crippen LogP contribution in [0.4, 0.5) is 0 Å². The number of nitrogens with two attached hydrogens (primary N) is 1. The standard InChI is InChI=1S/C15H22N2O3/c1-3-20-14(18)11-17(9-12(2)15(16)19)10-13-7-5-4-6-8-13/h4-8,12H,3,9-11H2,1-2H3,(H2,16,19). The molecule has 2 N–H and O–H groups in total. The zero-order valence-corrected chi connectivity index (χ0v) is 12.0. The van der Waals surface area contributed by atoms with Gasteiger partial charge in [0.15, 0.2) is 0 Å². The maximum absolute atomic E-state index is 11.6. The number of esters is 1. The summed E-state index contributed by atoms with van der Waals surface area (Å²) in [4.78, 5) is 24.7. The van der Waals surface area contributed by atoms with E-state index in [1.54, 1.807) is 13.8 Å². The molecule has 0 heterocycles. The molecule has 0 aliphatic rings. The van der Waals surface area contributed by atoms with E-state index in [-0.39, 0.29) is 24.3 Å². The van der Waals surface area contributed by atoms with E-state index in [4.69, 9.17) is 10.5 Å². The van der Waals surface area contributed by atoms with Crippen molar-refractivity contribution in [3.05, 3.63) is 35.9 Å². The fourth-order valence-corrected chi connectivity index (χ4v) is 1.89. The van der Waals surface area contributed by atoms with Crippen LogP contribution in [0.15, 0.2) is 30.3 Å². The summed E-state index contributed by atoms with van der Waals surface area (Å²) in [6.45, 7) is 5.04. The normalized spacial score (nSPS) is 12.2. The summed E-state index contributed by atoms with van der Waals surface area (Å²) < 4.78 is 4.96. The fourth-order valence-electron chi connectivity index (χ4n) is 1.89. The van der Waals surface area contributed by atoms with Gasteiger partial charge in [-0.1, -0.05) is 37.3 Å². The molecule has 0 saturated carbocycles. The van der Waals surface area contributed by atoms with E-state index in [9.17, 15) is 9.59 Å². The van der Waals surface area contributed by atoms with Crippen molar-refractivity contribution in [2.24, 2.45) is 11.7 Å². The minimum Gasteiger partial charge on any atom is -0.465 e. The van der Waals surface area contributed by atoms with E-state index in [1.165, 1.54) is 0 Å². The number of nitrogens with zero attached hydrogens (tertiary/aromatic N) is 1. The minimum atomic E-state index is -0.369. The van der Waals surface area contributed by atoms with Gasteiger partial charge >= 0.3 is 5.97 Å². The molecule has 0 saturated heterocycles. The quantitative estimate of drug-likeness (QED) is 0.725. The predicted molar refractivity (Wildman–Crippen MR) is 76.7 cm³/mol.